The lowest BCUT2D eigenvalue weighted by Crippen LogP contribution is -2.10. The number of carbonyl (C=O) groups is 1. The molecular weight excluding hydrogens is 268 g/mol. The van der Waals surface area contributed by atoms with Gasteiger partial charge in [0.15, 0.2) is 0 Å². The molecule has 2 rings (SSSR count). The number of rotatable bonds is 6. The molecule has 1 aromatic carbocycles. The van der Waals surface area contributed by atoms with Crippen LogP contribution in [-0.4, -0.2) is 10.9 Å². The smallest absolute Gasteiger partial charge is 0.248 e. The quantitative estimate of drug-likeness (QED) is 0.818. The van der Waals surface area contributed by atoms with Crippen molar-refractivity contribution in [2.45, 2.75) is 39.5 Å². The fraction of sp³-hybridized carbons (Fsp3) is 0.375. The van der Waals surface area contributed by atoms with Crippen LogP contribution < -0.4 is 5.73 Å². The van der Waals surface area contributed by atoms with Crippen LogP contribution in [0.4, 0.5) is 0 Å². The number of hydrogen-bond donors (Lipinski definition) is 1. The molecule has 106 valence electrons. The predicted molar refractivity (Wildman–Crippen MR) is 84.0 cm³/mol. The molecule has 0 fully saturated rings. The van der Waals surface area contributed by atoms with Crippen molar-refractivity contribution in [1.82, 2.24) is 4.98 Å². The van der Waals surface area contributed by atoms with Gasteiger partial charge in [-0.15, -0.1) is 11.3 Å². The number of carbonyl (C=O) groups excluding carboxylic acids is 1. The van der Waals surface area contributed by atoms with Gasteiger partial charge >= 0.3 is 0 Å². The summed E-state index contributed by atoms with van der Waals surface area (Å²) in [4.78, 5) is 17.1. The lowest BCUT2D eigenvalue weighted by atomic mass is 10.1. The van der Waals surface area contributed by atoms with Gasteiger partial charge in [0.25, 0.3) is 0 Å². The number of benzene rings is 1. The number of nitrogens with two attached hydrogens (primary N) is 1. The molecule has 0 saturated carbocycles. The number of hydrogen-bond acceptors (Lipinski definition) is 3. The maximum Gasteiger partial charge on any atom is 0.248 e. The maximum absolute atomic E-state index is 11.1. The zero-order valence-corrected chi connectivity index (χ0v) is 12.8. The summed E-state index contributed by atoms with van der Waals surface area (Å²) < 4.78 is 0. The van der Waals surface area contributed by atoms with Gasteiger partial charge in [-0.05, 0) is 31.9 Å². The Kier molecular flexibility index (Phi) is 4.90. The van der Waals surface area contributed by atoms with E-state index in [1.54, 1.807) is 23.5 Å². The third-order valence-electron chi connectivity index (χ3n) is 3.32. The molecule has 2 aromatic rings. The largest absolute Gasteiger partial charge is 0.366 e. The van der Waals surface area contributed by atoms with Crippen LogP contribution in [0.5, 0.6) is 0 Å². The van der Waals surface area contributed by atoms with Crippen LogP contribution in [0, 0.1) is 6.92 Å². The molecule has 0 unspecified atom stereocenters. The Morgan fingerprint density at radius 2 is 1.95 bits per heavy atom. The van der Waals surface area contributed by atoms with Crippen LogP contribution in [0.25, 0.3) is 10.6 Å². The molecule has 1 amide bonds. The normalized spacial score (nSPS) is 10.7. The molecule has 0 aliphatic rings. The van der Waals surface area contributed by atoms with Gasteiger partial charge in [-0.2, -0.15) is 0 Å². The summed E-state index contributed by atoms with van der Waals surface area (Å²) in [5.74, 6) is -0.396. The van der Waals surface area contributed by atoms with E-state index >= 15 is 0 Å². The minimum absolute atomic E-state index is 0.396. The molecule has 0 aliphatic heterocycles. The summed E-state index contributed by atoms with van der Waals surface area (Å²) in [6.45, 7) is 4.28. The number of aromatic nitrogens is 1. The Morgan fingerprint density at radius 1 is 1.25 bits per heavy atom. The van der Waals surface area contributed by atoms with Gasteiger partial charge in [0.2, 0.25) is 5.91 Å². The van der Waals surface area contributed by atoms with Gasteiger partial charge in [0.1, 0.15) is 5.01 Å². The summed E-state index contributed by atoms with van der Waals surface area (Å²) in [6, 6.07) is 7.33. The number of amides is 1. The Morgan fingerprint density at radius 3 is 2.55 bits per heavy atom. The van der Waals surface area contributed by atoms with Crippen molar-refractivity contribution >= 4 is 17.2 Å². The lowest BCUT2D eigenvalue weighted by Gasteiger charge is -1.98. The van der Waals surface area contributed by atoms with Crippen molar-refractivity contribution in [1.29, 1.82) is 0 Å². The van der Waals surface area contributed by atoms with Crippen molar-refractivity contribution in [3.8, 4) is 10.6 Å². The first kappa shape index (κ1) is 14.7. The Hall–Kier alpha value is -1.68. The molecule has 0 spiro atoms. The molecule has 1 heterocycles. The van der Waals surface area contributed by atoms with E-state index in [-0.39, 0.29) is 0 Å². The molecule has 4 heteroatoms. The average Bonchev–Trinajstić information content (AvgIpc) is 2.81. The minimum Gasteiger partial charge on any atom is -0.366 e. The van der Waals surface area contributed by atoms with Crippen LogP contribution in [0.1, 0.15) is 47.1 Å². The van der Waals surface area contributed by atoms with Crippen LogP contribution in [-0.2, 0) is 6.42 Å². The fourth-order valence-electron chi connectivity index (χ4n) is 2.10. The average molecular weight is 288 g/mol. The summed E-state index contributed by atoms with van der Waals surface area (Å²) in [5, 5.41) is 1.02. The van der Waals surface area contributed by atoms with E-state index in [1.165, 1.54) is 24.1 Å². The van der Waals surface area contributed by atoms with E-state index in [1.807, 2.05) is 12.1 Å². The second kappa shape index (κ2) is 6.66. The van der Waals surface area contributed by atoms with Gasteiger partial charge in [-0.1, -0.05) is 31.9 Å². The van der Waals surface area contributed by atoms with Gasteiger partial charge < -0.3 is 5.73 Å². The Labute approximate surface area is 123 Å². The van der Waals surface area contributed by atoms with Crippen molar-refractivity contribution in [2.75, 3.05) is 0 Å². The van der Waals surface area contributed by atoms with Crippen molar-refractivity contribution in [3.05, 3.63) is 40.4 Å². The zero-order valence-electron chi connectivity index (χ0n) is 12.0. The lowest BCUT2D eigenvalue weighted by molar-refractivity contribution is 0.100. The Balaban J connectivity index is 2.16. The van der Waals surface area contributed by atoms with Crippen LogP contribution in [0.15, 0.2) is 24.3 Å². The van der Waals surface area contributed by atoms with Gasteiger partial charge in [0.05, 0.1) is 5.69 Å². The maximum atomic E-state index is 11.1. The number of thiazole rings is 1. The second-order valence-corrected chi connectivity index (χ2v) is 6.01. The molecule has 0 saturated heterocycles. The number of aryl methyl sites for hydroxylation is 2. The molecule has 0 atom stereocenters. The molecular formula is C16H20N2OS. The van der Waals surface area contributed by atoms with Crippen LogP contribution in [0.3, 0.4) is 0 Å². The van der Waals surface area contributed by atoms with E-state index < -0.39 is 5.91 Å². The van der Waals surface area contributed by atoms with Gasteiger partial charge in [0, 0.05) is 16.0 Å². The first-order valence-corrected chi connectivity index (χ1v) is 7.80. The SMILES string of the molecule is CCCCCc1sc(-c2ccc(C(N)=O)cc2)nc1C. The minimum atomic E-state index is -0.396. The summed E-state index contributed by atoms with van der Waals surface area (Å²) >= 11 is 1.75. The molecule has 0 aliphatic carbocycles. The predicted octanol–water partition coefficient (Wildman–Crippen LogP) is 3.95. The molecule has 0 bridgehead atoms. The van der Waals surface area contributed by atoms with Crippen molar-refractivity contribution in [2.24, 2.45) is 5.73 Å². The Bertz CT molecular complexity index is 587. The number of unbranched alkanes of at least 4 members (excludes halogenated alkanes) is 2. The highest BCUT2D eigenvalue weighted by Gasteiger charge is 2.09. The monoisotopic (exact) mass is 288 g/mol. The summed E-state index contributed by atoms with van der Waals surface area (Å²) in [7, 11) is 0. The standard InChI is InChI=1S/C16H20N2OS/c1-3-4-5-6-14-11(2)18-16(20-14)13-9-7-12(8-10-13)15(17)19/h7-10H,3-6H2,1-2H3,(H2,17,19). The van der Waals surface area contributed by atoms with E-state index in [4.69, 9.17) is 5.73 Å². The molecule has 1 aromatic heterocycles. The van der Waals surface area contributed by atoms with Gasteiger partial charge in [-0.3, -0.25) is 4.79 Å². The zero-order chi connectivity index (χ0) is 14.5. The van der Waals surface area contributed by atoms with Crippen LogP contribution in [0.2, 0.25) is 0 Å². The third-order valence-corrected chi connectivity index (χ3v) is 4.58. The van der Waals surface area contributed by atoms with E-state index in [9.17, 15) is 4.79 Å². The second-order valence-electron chi connectivity index (χ2n) is 4.93. The third kappa shape index (κ3) is 3.45. The number of primary amides is 1. The highest BCUT2D eigenvalue weighted by atomic mass is 32.1. The first-order chi connectivity index (χ1) is 9.61. The summed E-state index contributed by atoms with van der Waals surface area (Å²) in [6.07, 6.45) is 4.83. The molecule has 20 heavy (non-hydrogen) atoms. The summed E-state index contributed by atoms with van der Waals surface area (Å²) in [5.41, 5.74) is 7.95. The number of nitrogens with zero attached hydrogens (tertiary/aromatic N) is 1. The topological polar surface area (TPSA) is 56.0 Å². The molecule has 0 radical (unpaired) electrons. The van der Waals surface area contributed by atoms with E-state index in [0.717, 1.165) is 22.7 Å². The van der Waals surface area contributed by atoms with Crippen molar-refractivity contribution < 1.29 is 4.79 Å². The highest BCUT2D eigenvalue weighted by Crippen LogP contribution is 2.29. The van der Waals surface area contributed by atoms with E-state index in [0.29, 0.717) is 5.56 Å². The fourth-order valence-corrected chi connectivity index (χ4v) is 3.21. The van der Waals surface area contributed by atoms with Gasteiger partial charge in [-0.25, -0.2) is 4.98 Å². The molecule has 3 nitrogen and oxygen atoms in total. The van der Waals surface area contributed by atoms with Crippen LogP contribution >= 0.6 is 11.3 Å². The highest BCUT2D eigenvalue weighted by molar-refractivity contribution is 7.15. The molecule has 2 N–H and O–H groups in total. The first-order valence-electron chi connectivity index (χ1n) is 6.98. The van der Waals surface area contributed by atoms with E-state index in [2.05, 4.69) is 18.8 Å². The van der Waals surface area contributed by atoms with Crippen molar-refractivity contribution in [3.63, 3.8) is 0 Å².